The van der Waals surface area contributed by atoms with Crippen molar-refractivity contribution in [2.45, 2.75) is 90.4 Å². The second-order valence-corrected chi connectivity index (χ2v) is 8.70. The maximum absolute atomic E-state index is 5.53. The molecule has 0 N–H and O–H groups in total. The van der Waals surface area contributed by atoms with Crippen LogP contribution < -0.4 is 4.74 Å². The van der Waals surface area contributed by atoms with Crippen molar-refractivity contribution in [2.24, 2.45) is 5.92 Å². The fraction of sp³-hybridized carbons (Fsp3) is 0.593. The van der Waals surface area contributed by atoms with Gasteiger partial charge in [-0.05, 0) is 62.3 Å². The van der Waals surface area contributed by atoms with Crippen molar-refractivity contribution in [3.05, 3.63) is 48.3 Å². The normalized spacial score (nSPS) is 19.2. The van der Waals surface area contributed by atoms with Gasteiger partial charge in [0.05, 0.1) is 6.61 Å². The number of aromatic nitrogens is 1. The minimum atomic E-state index is 0.658. The van der Waals surface area contributed by atoms with Gasteiger partial charge in [0.25, 0.3) is 0 Å². The van der Waals surface area contributed by atoms with E-state index in [1.165, 1.54) is 87.4 Å². The summed E-state index contributed by atoms with van der Waals surface area (Å²) < 4.78 is 5.53. The first-order chi connectivity index (χ1) is 14.3. The van der Waals surface area contributed by atoms with Gasteiger partial charge in [-0.3, -0.25) is 4.98 Å². The van der Waals surface area contributed by atoms with Gasteiger partial charge in [-0.2, -0.15) is 0 Å². The Morgan fingerprint density at radius 2 is 1.48 bits per heavy atom. The summed E-state index contributed by atoms with van der Waals surface area (Å²) in [6.07, 6.45) is 17.4. The van der Waals surface area contributed by atoms with Crippen LogP contribution in [0, 0.1) is 5.92 Å². The molecule has 0 amide bonds. The fourth-order valence-electron chi connectivity index (χ4n) is 4.69. The predicted molar refractivity (Wildman–Crippen MR) is 124 cm³/mol. The summed E-state index contributed by atoms with van der Waals surface area (Å²) >= 11 is 0. The van der Waals surface area contributed by atoms with Gasteiger partial charge in [0.15, 0.2) is 0 Å². The fourth-order valence-corrected chi connectivity index (χ4v) is 4.69. The van der Waals surface area contributed by atoms with Gasteiger partial charge in [-0.25, -0.2) is 0 Å². The van der Waals surface area contributed by atoms with Crippen LogP contribution in [0.3, 0.4) is 0 Å². The molecule has 29 heavy (non-hydrogen) atoms. The van der Waals surface area contributed by atoms with Crippen molar-refractivity contribution in [3.8, 4) is 16.9 Å². The highest BCUT2D eigenvalue weighted by Crippen LogP contribution is 2.37. The van der Waals surface area contributed by atoms with Gasteiger partial charge >= 0.3 is 0 Å². The van der Waals surface area contributed by atoms with E-state index in [4.69, 9.17) is 9.72 Å². The molecule has 1 aliphatic carbocycles. The third-order valence-corrected chi connectivity index (χ3v) is 6.52. The maximum atomic E-state index is 5.53. The first-order valence-corrected chi connectivity index (χ1v) is 12.0. The van der Waals surface area contributed by atoms with Gasteiger partial charge in [-0.1, -0.05) is 70.1 Å². The Bertz CT molecular complexity index is 683. The van der Waals surface area contributed by atoms with Crippen molar-refractivity contribution in [3.63, 3.8) is 0 Å². The zero-order valence-electron chi connectivity index (χ0n) is 18.5. The van der Waals surface area contributed by atoms with Gasteiger partial charge in [0.2, 0.25) is 0 Å². The molecule has 0 bridgehead atoms. The van der Waals surface area contributed by atoms with E-state index in [9.17, 15) is 0 Å². The van der Waals surface area contributed by atoms with E-state index in [1.807, 2.05) is 25.3 Å². The zero-order valence-corrected chi connectivity index (χ0v) is 18.5. The molecule has 1 aromatic heterocycles. The van der Waals surface area contributed by atoms with Gasteiger partial charge in [0, 0.05) is 23.4 Å². The van der Waals surface area contributed by atoms with Crippen LogP contribution in [0.4, 0.5) is 0 Å². The zero-order chi connectivity index (χ0) is 20.3. The Morgan fingerprint density at radius 1 is 0.793 bits per heavy atom. The van der Waals surface area contributed by atoms with Crippen LogP contribution in [-0.2, 0) is 0 Å². The van der Waals surface area contributed by atoms with Crippen LogP contribution in [0.1, 0.15) is 96.1 Å². The molecular weight excluding hydrogens is 354 g/mol. The lowest BCUT2D eigenvalue weighted by Crippen LogP contribution is -2.14. The number of hydrogen-bond acceptors (Lipinski definition) is 2. The minimum absolute atomic E-state index is 0.658. The number of ether oxygens (including phenoxy) is 1. The van der Waals surface area contributed by atoms with E-state index in [0.717, 1.165) is 11.7 Å². The molecule has 0 saturated heterocycles. The lowest BCUT2D eigenvalue weighted by atomic mass is 9.78. The molecule has 0 spiro atoms. The molecule has 0 atom stereocenters. The molecule has 3 rings (SSSR count). The Kier molecular flexibility index (Phi) is 9.05. The number of pyridine rings is 1. The highest BCUT2D eigenvalue weighted by Gasteiger charge is 2.22. The van der Waals surface area contributed by atoms with Crippen LogP contribution in [0.15, 0.2) is 42.6 Å². The van der Waals surface area contributed by atoms with Crippen LogP contribution in [0.2, 0.25) is 0 Å². The summed E-state index contributed by atoms with van der Waals surface area (Å²) in [5, 5.41) is 0. The average Bonchev–Trinajstić information content (AvgIpc) is 2.78. The smallest absolute Gasteiger partial charge is 0.119 e. The van der Waals surface area contributed by atoms with Gasteiger partial charge in [-0.15, -0.1) is 0 Å². The van der Waals surface area contributed by atoms with Crippen molar-refractivity contribution in [1.82, 2.24) is 4.98 Å². The largest absolute Gasteiger partial charge is 0.494 e. The highest BCUT2D eigenvalue weighted by molar-refractivity contribution is 5.63. The Balaban J connectivity index is 1.43. The number of unbranched alkanes of at least 4 members (excludes halogenated alkanes) is 5. The van der Waals surface area contributed by atoms with Gasteiger partial charge < -0.3 is 4.74 Å². The lowest BCUT2D eigenvalue weighted by molar-refractivity contribution is 0.299. The monoisotopic (exact) mass is 393 g/mol. The number of hydrogen-bond donors (Lipinski definition) is 0. The molecule has 0 radical (unpaired) electrons. The third-order valence-electron chi connectivity index (χ3n) is 6.52. The summed E-state index contributed by atoms with van der Waals surface area (Å²) in [5.41, 5.74) is 3.68. The molecule has 1 saturated carbocycles. The molecule has 2 heteroatoms. The van der Waals surface area contributed by atoms with Crippen molar-refractivity contribution < 1.29 is 4.74 Å². The molecule has 2 aromatic rings. The Labute approximate surface area is 178 Å². The van der Waals surface area contributed by atoms with Crippen molar-refractivity contribution >= 4 is 0 Å². The van der Waals surface area contributed by atoms with E-state index in [1.54, 1.807) is 0 Å². The number of rotatable bonds is 11. The van der Waals surface area contributed by atoms with E-state index in [0.29, 0.717) is 12.5 Å². The highest BCUT2D eigenvalue weighted by atomic mass is 16.5. The summed E-state index contributed by atoms with van der Waals surface area (Å²) in [6, 6.07) is 12.8. The lowest BCUT2D eigenvalue weighted by Gasteiger charge is -2.28. The molecule has 1 fully saturated rings. The molecule has 158 valence electrons. The molecule has 1 aliphatic rings. The van der Waals surface area contributed by atoms with E-state index < -0.39 is 0 Å². The minimum Gasteiger partial charge on any atom is -0.494 e. The van der Waals surface area contributed by atoms with E-state index in [-0.39, 0.29) is 0 Å². The summed E-state index contributed by atoms with van der Waals surface area (Å²) in [5.74, 6) is 2.55. The first kappa shape index (κ1) is 21.9. The van der Waals surface area contributed by atoms with Crippen LogP contribution in [0.25, 0.3) is 11.1 Å². The van der Waals surface area contributed by atoms with Gasteiger partial charge in [0.1, 0.15) is 5.75 Å². The third kappa shape index (κ3) is 6.87. The van der Waals surface area contributed by atoms with E-state index in [2.05, 4.69) is 31.2 Å². The van der Waals surface area contributed by atoms with Crippen LogP contribution in [0.5, 0.6) is 5.75 Å². The second-order valence-electron chi connectivity index (χ2n) is 8.70. The molecule has 2 nitrogen and oxygen atoms in total. The number of benzene rings is 1. The van der Waals surface area contributed by atoms with Crippen LogP contribution >= 0.6 is 0 Å². The first-order valence-electron chi connectivity index (χ1n) is 12.0. The van der Waals surface area contributed by atoms with Crippen molar-refractivity contribution in [2.75, 3.05) is 6.61 Å². The standard InChI is InChI=1S/C27H39NO/c1-3-5-6-7-8-9-10-22-11-13-24(14-12-22)27-20-17-25(21-28-27)23-15-18-26(19-16-23)29-4-2/h15-22,24H,3-14H2,1-2H3. The number of nitrogens with zero attached hydrogens (tertiary/aromatic N) is 1. The maximum Gasteiger partial charge on any atom is 0.119 e. The molecular formula is C27H39NO. The topological polar surface area (TPSA) is 22.1 Å². The second kappa shape index (κ2) is 12.0. The SMILES string of the molecule is CCCCCCCCC1CCC(c2ccc(-c3ccc(OCC)cc3)cn2)CC1. The van der Waals surface area contributed by atoms with E-state index >= 15 is 0 Å². The summed E-state index contributed by atoms with van der Waals surface area (Å²) in [7, 11) is 0. The molecule has 1 aromatic carbocycles. The quantitative estimate of drug-likeness (QED) is 0.359. The Morgan fingerprint density at radius 3 is 2.14 bits per heavy atom. The molecule has 0 aliphatic heterocycles. The molecule has 1 heterocycles. The van der Waals surface area contributed by atoms with Crippen molar-refractivity contribution in [1.29, 1.82) is 0 Å². The average molecular weight is 394 g/mol. The molecule has 0 unspecified atom stereocenters. The summed E-state index contributed by atoms with van der Waals surface area (Å²) in [4.78, 5) is 4.84. The Hall–Kier alpha value is -1.83. The van der Waals surface area contributed by atoms with Crippen LogP contribution in [-0.4, -0.2) is 11.6 Å². The summed E-state index contributed by atoms with van der Waals surface area (Å²) in [6.45, 7) is 5.01. The predicted octanol–water partition coefficient (Wildman–Crippen LogP) is 8.17.